The standard InChI is InChI=1S/C20H17N3O2/c24-19(16-9-6-12-21-14-16)23-18-11-5-4-10-17(18)20(25)22-13-15-7-2-1-3-8-15/h1-12,14H,13H2,(H,22,25)(H,23,24). The summed E-state index contributed by atoms with van der Waals surface area (Å²) in [6, 6.07) is 19.9. The molecule has 5 nitrogen and oxygen atoms in total. The molecule has 25 heavy (non-hydrogen) atoms. The Bertz CT molecular complexity index is 864. The summed E-state index contributed by atoms with van der Waals surface area (Å²) in [7, 11) is 0. The second-order valence-electron chi connectivity index (χ2n) is 5.41. The Hall–Kier alpha value is -3.47. The van der Waals surface area contributed by atoms with Crippen molar-refractivity contribution in [3.8, 4) is 0 Å². The number of pyridine rings is 1. The van der Waals surface area contributed by atoms with E-state index in [2.05, 4.69) is 15.6 Å². The van der Waals surface area contributed by atoms with E-state index in [0.717, 1.165) is 5.56 Å². The molecule has 0 aliphatic rings. The van der Waals surface area contributed by atoms with Gasteiger partial charge in [-0.3, -0.25) is 14.6 Å². The molecule has 0 spiro atoms. The number of carbonyl (C=O) groups is 2. The fourth-order valence-electron chi connectivity index (χ4n) is 2.36. The SMILES string of the molecule is O=C(Nc1ccccc1C(=O)NCc1ccccc1)c1cccnc1. The number of hydrogen-bond donors (Lipinski definition) is 2. The third-order valence-electron chi connectivity index (χ3n) is 3.64. The van der Waals surface area contributed by atoms with Crippen LogP contribution in [0.15, 0.2) is 79.1 Å². The van der Waals surface area contributed by atoms with E-state index in [1.807, 2.05) is 30.3 Å². The molecule has 0 fully saturated rings. The first kappa shape index (κ1) is 16.4. The van der Waals surface area contributed by atoms with Crippen LogP contribution in [-0.2, 0) is 6.54 Å². The van der Waals surface area contributed by atoms with Gasteiger partial charge in [0.25, 0.3) is 11.8 Å². The quantitative estimate of drug-likeness (QED) is 0.754. The van der Waals surface area contributed by atoms with Crippen molar-refractivity contribution in [1.82, 2.24) is 10.3 Å². The largest absolute Gasteiger partial charge is 0.348 e. The summed E-state index contributed by atoms with van der Waals surface area (Å²) in [4.78, 5) is 28.7. The molecule has 0 bridgehead atoms. The van der Waals surface area contributed by atoms with Gasteiger partial charge in [0.2, 0.25) is 0 Å². The second kappa shape index (κ2) is 7.88. The maximum absolute atomic E-state index is 12.5. The van der Waals surface area contributed by atoms with Gasteiger partial charge < -0.3 is 10.6 Å². The van der Waals surface area contributed by atoms with Gasteiger partial charge in [-0.25, -0.2) is 0 Å². The summed E-state index contributed by atoms with van der Waals surface area (Å²) in [5.74, 6) is -0.553. The van der Waals surface area contributed by atoms with Gasteiger partial charge in [0.15, 0.2) is 0 Å². The Morgan fingerprint density at radius 2 is 1.60 bits per heavy atom. The zero-order chi connectivity index (χ0) is 17.5. The average molecular weight is 331 g/mol. The molecule has 0 saturated carbocycles. The molecule has 1 heterocycles. The van der Waals surface area contributed by atoms with E-state index >= 15 is 0 Å². The highest BCUT2D eigenvalue weighted by Crippen LogP contribution is 2.16. The first-order chi connectivity index (χ1) is 12.2. The average Bonchev–Trinajstić information content (AvgIpc) is 2.68. The van der Waals surface area contributed by atoms with Gasteiger partial charge in [0.1, 0.15) is 0 Å². The van der Waals surface area contributed by atoms with E-state index in [1.54, 1.807) is 42.6 Å². The van der Waals surface area contributed by atoms with Crippen LogP contribution in [0, 0.1) is 0 Å². The van der Waals surface area contributed by atoms with Crippen LogP contribution >= 0.6 is 0 Å². The normalized spacial score (nSPS) is 10.1. The molecular formula is C20H17N3O2. The van der Waals surface area contributed by atoms with Crippen molar-refractivity contribution < 1.29 is 9.59 Å². The van der Waals surface area contributed by atoms with E-state index in [9.17, 15) is 9.59 Å². The predicted octanol–water partition coefficient (Wildman–Crippen LogP) is 3.26. The molecule has 0 radical (unpaired) electrons. The summed E-state index contributed by atoms with van der Waals surface area (Å²) >= 11 is 0. The van der Waals surface area contributed by atoms with Gasteiger partial charge in [-0.1, -0.05) is 42.5 Å². The van der Waals surface area contributed by atoms with Crippen molar-refractivity contribution in [1.29, 1.82) is 0 Å². The minimum absolute atomic E-state index is 0.245. The van der Waals surface area contributed by atoms with Crippen LogP contribution in [0.5, 0.6) is 0 Å². The highest BCUT2D eigenvalue weighted by molar-refractivity contribution is 6.08. The highest BCUT2D eigenvalue weighted by Gasteiger charge is 2.13. The summed E-state index contributed by atoms with van der Waals surface area (Å²) in [6.45, 7) is 0.421. The van der Waals surface area contributed by atoms with Crippen LogP contribution < -0.4 is 10.6 Å². The first-order valence-electron chi connectivity index (χ1n) is 7.86. The minimum Gasteiger partial charge on any atom is -0.348 e. The van der Waals surface area contributed by atoms with Crippen LogP contribution in [0.4, 0.5) is 5.69 Å². The molecule has 5 heteroatoms. The minimum atomic E-state index is -0.309. The number of nitrogens with one attached hydrogen (secondary N) is 2. The van der Waals surface area contributed by atoms with Crippen LogP contribution in [0.25, 0.3) is 0 Å². The number of aromatic nitrogens is 1. The first-order valence-corrected chi connectivity index (χ1v) is 7.86. The van der Waals surface area contributed by atoms with Gasteiger partial charge in [-0.05, 0) is 29.8 Å². The van der Waals surface area contributed by atoms with E-state index in [1.165, 1.54) is 6.20 Å². The molecule has 2 aromatic carbocycles. The van der Waals surface area contributed by atoms with Crippen LogP contribution in [-0.4, -0.2) is 16.8 Å². The van der Waals surface area contributed by atoms with Crippen molar-refractivity contribution in [2.45, 2.75) is 6.54 Å². The third kappa shape index (κ3) is 4.29. The Morgan fingerprint density at radius 1 is 0.840 bits per heavy atom. The van der Waals surface area contributed by atoms with E-state index in [-0.39, 0.29) is 11.8 Å². The Kier molecular flexibility index (Phi) is 5.16. The molecule has 0 atom stereocenters. The number of para-hydroxylation sites is 1. The fourth-order valence-corrected chi connectivity index (χ4v) is 2.36. The van der Waals surface area contributed by atoms with Gasteiger partial charge >= 0.3 is 0 Å². The summed E-state index contributed by atoms with van der Waals surface area (Å²) in [5.41, 5.74) is 2.31. The van der Waals surface area contributed by atoms with Gasteiger partial charge in [-0.15, -0.1) is 0 Å². The maximum atomic E-state index is 12.5. The summed E-state index contributed by atoms with van der Waals surface area (Å²) < 4.78 is 0. The third-order valence-corrected chi connectivity index (χ3v) is 3.64. The topological polar surface area (TPSA) is 71.1 Å². The van der Waals surface area contributed by atoms with Gasteiger partial charge in [0.05, 0.1) is 16.8 Å². The zero-order valence-corrected chi connectivity index (χ0v) is 13.5. The second-order valence-corrected chi connectivity index (χ2v) is 5.41. The van der Waals surface area contributed by atoms with Crippen molar-refractivity contribution in [2.75, 3.05) is 5.32 Å². The predicted molar refractivity (Wildman–Crippen MR) is 96.2 cm³/mol. The molecule has 2 N–H and O–H groups in total. The molecule has 3 aromatic rings. The number of rotatable bonds is 5. The lowest BCUT2D eigenvalue weighted by Crippen LogP contribution is -2.24. The Morgan fingerprint density at radius 3 is 2.36 bits per heavy atom. The van der Waals surface area contributed by atoms with Crippen LogP contribution in [0.3, 0.4) is 0 Å². The van der Waals surface area contributed by atoms with E-state index in [4.69, 9.17) is 0 Å². The van der Waals surface area contributed by atoms with E-state index in [0.29, 0.717) is 23.4 Å². The summed E-state index contributed by atoms with van der Waals surface area (Å²) in [6.07, 6.45) is 3.08. The number of hydrogen-bond acceptors (Lipinski definition) is 3. The maximum Gasteiger partial charge on any atom is 0.257 e. The molecular weight excluding hydrogens is 314 g/mol. The molecule has 0 saturated heterocycles. The molecule has 0 aliphatic carbocycles. The highest BCUT2D eigenvalue weighted by atomic mass is 16.2. The number of carbonyl (C=O) groups excluding carboxylic acids is 2. The number of amides is 2. The lowest BCUT2D eigenvalue weighted by atomic mass is 10.1. The monoisotopic (exact) mass is 331 g/mol. The van der Waals surface area contributed by atoms with Crippen LogP contribution in [0.1, 0.15) is 26.3 Å². The number of nitrogens with zero attached hydrogens (tertiary/aromatic N) is 1. The molecule has 1 aromatic heterocycles. The van der Waals surface area contributed by atoms with Crippen molar-refractivity contribution in [2.24, 2.45) is 0 Å². The fraction of sp³-hybridized carbons (Fsp3) is 0.0500. The lowest BCUT2D eigenvalue weighted by molar-refractivity contribution is 0.0952. The number of benzene rings is 2. The van der Waals surface area contributed by atoms with Gasteiger partial charge in [0, 0.05) is 18.9 Å². The zero-order valence-electron chi connectivity index (χ0n) is 13.5. The van der Waals surface area contributed by atoms with E-state index < -0.39 is 0 Å². The molecule has 0 unspecified atom stereocenters. The summed E-state index contributed by atoms with van der Waals surface area (Å²) in [5, 5.41) is 5.63. The smallest absolute Gasteiger partial charge is 0.257 e. The van der Waals surface area contributed by atoms with Crippen molar-refractivity contribution in [3.05, 3.63) is 95.8 Å². The van der Waals surface area contributed by atoms with Gasteiger partial charge in [-0.2, -0.15) is 0 Å². The molecule has 0 aliphatic heterocycles. The molecule has 124 valence electrons. The van der Waals surface area contributed by atoms with Crippen molar-refractivity contribution in [3.63, 3.8) is 0 Å². The molecule has 2 amide bonds. The number of anilines is 1. The Balaban J connectivity index is 1.72. The van der Waals surface area contributed by atoms with Crippen LogP contribution in [0.2, 0.25) is 0 Å². The van der Waals surface area contributed by atoms with Crippen molar-refractivity contribution >= 4 is 17.5 Å². The molecule has 3 rings (SSSR count). The lowest BCUT2D eigenvalue weighted by Gasteiger charge is -2.11. The Labute approximate surface area is 145 Å².